The molecule has 0 aliphatic heterocycles. The number of carbonyl (C=O) groups excluding carboxylic acids is 1. The summed E-state index contributed by atoms with van der Waals surface area (Å²) >= 11 is 0. The molecule has 1 amide bonds. The second kappa shape index (κ2) is 8.09. The van der Waals surface area contributed by atoms with Crippen LogP contribution in [0.1, 0.15) is 13.3 Å². The zero-order valence-electron chi connectivity index (χ0n) is 14.8. The quantitative estimate of drug-likeness (QED) is 0.477. The number of rotatable bonds is 7. The van der Waals surface area contributed by atoms with Crippen LogP contribution in [0.2, 0.25) is 0 Å². The lowest BCUT2D eigenvalue weighted by Gasteiger charge is -2.12. The van der Waals surface area contributed by atoms with Gasteiger partial charge in [-0.1, -0.05) is 6.08 Å². The first kappa shape index (κ1) is 18.7. The Morgan fingerprint density at radius 2 is 2.15 bits per heavy atom. The van der Waals surface area contributed by atoms with E-state index in [2.05, 4.69) is 21.9 Å². The predicted molar refractivity (Wildman–Crippen MR) is 100 cm³/mol. The number of aromatic nitrogens is 2. The van der Waals surface area contributed by atoms with E-state index in [9.17, 15) is 13.6 Å². The number of nitrogens with one attached hydrogen (secondary N) is 2. The number of amides is 1. The molecule has 1 atom stereocenters. The predicted octanol–water partition coefficient (Wildman–Crippen LogP) is 4.43. The number of benzene rings is 2. The highest BCUT2D eigenvalue weighted by Gasteiger charge is 2.15. The fourth-order valence-electron chi connectivity index (χ4n) is 2.54. The molecule has 140 valence electrons. The van der Waals surface area contributed by atoms with Crippen LogP contribution in [0.25, 0.3) is 22.4 Å². The van der Waals surface area contributed by atoms with Gasteiger partial charge in [-0.3, -0.25) is 4.79 Å². The average Bonchev–Trinajstić information content (AvgIpc) is 3.06. The Balaban J connectivity index is 1.79. The summed E-state index contributed by atoms with van der Waals surface area (Å²) in [6.07, 6.45) is 1.77. The van der Waals surface area contributed by atoms with Crippen LogP contribution in [0.15, 0.2) is 49.1 Å². The second-order valence-electron chi connectivity index (χ2n) is 6.02. The van der Waals surface area contributed by atoms with Gasteiger partial charge in [-0.15, -0.1) is 6.58 Å². The summed E-state index contributed by atoms with van der Waals surface area (Å²) in [5, 5.41) is 2.76. The molecule has 0 fully saturated rings. The number of H-pyrrole nitrogens is 1. The number of fused-ring (bicyclic) bond motifs is 1. The molecule has 2 aromatic carbocycles. The monoisotopic (exact) mass is 371 g/mol. The van der Waals surface area contributed by atoms with E-state index in [0.29, 0.717) is 29.7 Å². The van der Waals surface area contributed by atoms with Crippen molar-refractivity contribution in [3.63, 3.8) is 0 Å². The Kier molecular flexibility index (Phi) is 5.61. The Bertz CT molecular complexity index is 985. The van der Waals surface area contributed by atoms with Gasteiger partial charge in [-0.2, -0.15) is 0 Å². The molecule has 3 aromatic rings. The number of hydrogen-bond donors (Lipinski definition) is 2. The van der Waals surface area contributed by atoms with Crippen molar-refractivity contribution in [3.05, 3.63) is 60.7 Å². The van der Waals surface area contributed by atoms with E-state index in [1.165, 1.54) is 0 Å². The molecule has 7 heteroatoms. The zero-order chi connectivity index (χ0) is 19.4. The van der Waals surface area contributed by atoms with Crippen LogP contribution in [0, 0.1) is 11.6 Å². The number of ether oxygens (including phenoxy) is 1. The molecule has 0 aliphatic carbocycles. The maximum Gasteiger partial charge on any atom is 0.253 e. The molecular weight excluding hydrogens is 352 g/mol. The maximum atomic E-state index is 13.9. The van der Waals surface area contributed by atoms with Gasteiger partial charge < -0.3 is 15.0 Å². The third-order valence-corrected chi connectivity index (χ3v) is 3.99. The van der Waals surface area contributed by atoms with Crippen molar-refractivity contribution in [2.24, 2.45) is 0 Å². The van der Waals surface area contributed by atoms with Gasteiger partial charge in [0.05, 0.1) is 23.2 Å². The first-order valence-corrected chi connectivity index (χ1v) is 8.46. The van der Waals surface area contributed by atoms with Crippen LogP contribution in [-0.2, 0) is 9.53 Å². The molecule has 0 aliphatic rings. The summed E-state index contributed by atoms with van der Waals surface area (Å²) in [7, 11) is 0. The number of halogens is 2. The normalized spacial score (nSPS) is 12.1. The summed E-state index contributed by atoms with van der Waals surface area (Å²) < 4.78 is 32.8. The number of anilines is 1. The van der Waals surface area contributed by atoms with E-state index >= 15 is 0 Å². The minimum atomic E-state index is -0.612. The standard InChI is InChI=1S/C20H19F2N3O2/c1-3-4-9-27-12(2)20(26)23-14-6-8-17-18(11-14)25-19(24-17)15-10-13(21)5-7-16(15)22/h3,5-8,10-12H,1,4,9H2,2H3,(H,23,26)(H,24,25). The van der Waals surface area contributed by atoms with Crippen LogP contribution in [0.5, 0.6) is 0 Å². The van der Waals surface area contributed by atoms with Crippen LogP contribution >= 0.6 is 0 Å². The van der Waals surface area contributed by atoms with Crippen LogP contribution in [0.4, 0.5) is 14.5 Å². The summed E-state index contributed by atoms with van der Waals surface area (Å²) in [5.74, 6) is -1.19. The summed E-state index contributed by atoms with van der Waals surface area (Å²) in [5.41, 5.74) is 1.75. The third-order valence-electron chi connectivity index (χ3n) is 3.99. The Labute approximate surface area is 155 Å². The molecule has 1 heterocycles. The molecule has 27 heavy (non-hydrogen) atoms. The highest BCUT2D eigenvalue weighted by atomic mass is 19.1. The number of carbonyl (C=O) groups is 1. The fourth-order valence-corrected chi connectivity index (χ4v) is 2.54. The van der Waals surface area contributed by atoms with Crippen molar-refractivity contribution >= 4 is 22.6 Å². The van der Waals surface area contributed by atoms with Gasteiger partial charge in [-0.25, -0.2) is 13.8 Å². The molecule has 1 unspecified atom stereocenters. The van der Waals surface area contributed by atoms with Gasteiger partial charge in [0, 0.05) is 5.69 Å². The first-order chi connectivity index (χ1) is 13.0. The number of hydrogen-bond acceptors (Lipinski definition) is 3. The lowest BCUT2D eigenvalue weighted by Crippen LogP contribution is -2.27. The van der Waals surface area contributed by atoms with Crippen LogP contribution < -0.4 is 5.32 Å². The molecule has 0 saturated heterocycles. The van der Waals surface area contributed by atoms with Gasteiger partial charge in [0.1, 0.15) is 23.6 Å². The van der Waals surface area contributed by atoms with Crippen molar-refractivity contribution in [2.75, 3.05) is 11.9 Å². The fraction of sp³-hybridized carbons (Fsp3) is 0.200. The highest BCUT2D eigenvalue weighted by Crippen LogP contribution is 2.25. The molecule has 0 radical (unpaired) electrons. The van der Waals surface area contributed by atoms with Gasteiger partial charge in [0.25, 0.3) is 5.91 Å². The van der Waals surface area contributed by atoms with E-state index in [1.807, 2.05) is 0 Å². The molecular formula is C20H19F2N3O2. The minimum Gasteiger partial charge on any atom is -0.368 e. The lowest BCUT2D eigenvalue weighted by atomic mass is 10.2. The average molecular weight is 371 g/mol. The van der Waals surface area contributed by atoms with E-state index in [0.717, 1.165) is 18.2 Å². The van der Waals surface area contributed by atoms with Crippen LogP contribution in [-0.4, -0.2) is 28.6 Å². The molecule has 3 rings (SSSR count). The van der Waals surface area contributed by atoms with Gasteiger partial charge in [0.15, 0.2) is 0 Å². The van der Waals surface area contributed by atoms with E-state index in [4.69, 9.17) is 4.74 Å². The summed E-state index contributed by atoms with van der Waals surface area (Å²) in [4.78, 5) is 19.4. The molecule has 0 bridgehead atoms. The van der Waals surface area contributed by atoms with Gasteiger partial charge >= 0.3 is 0 Å². The van der Waals surface area contributed by atoms with Crippen molar-refractivity contribution in [3.8, 4) is 11.4 Å². The smallest absolute Gasteiger partial charge is 0.253 e. The Morgan fingerprint density at radius 3 is 2.93 bits per heavy atom. The van der Waals surface area contributed by atoms with Crippen molar-refractivity contribution in [2.45, 2.75) is 19.4 Å². The first-order valence-electron chi connectivity index (χ1n) is 8.46. The largest absolute Gasteiger partial charge is 0.368 e. The highest BCUT2D eigenvalue weighted by molar-refractivity contribution is 5.95. The Hall–Kier alpha value is -3.06. The second-order valence-corrected chi connectivity index (χ2v) is 6.02. The number of imidazole rings is 1. The summed E-state index contributed by atoms with van der Waals surface area (Å²) in [6.45, 7) is 5.68. The van der Waals surface area contributed by atoms with Crippen molar-refractivity contribution in [1.82, 2.24) is 9.97 Å². The van der Waals surface area contributed by atoms with Gasteiger partial charge in [0.2, 0.25) is 0 Å². The van der Waals surface area contributed by atoms with E-state index in [-0.39, 0.29) is 17.3 Å². The van der Waals surface area contributed by atoms with E-state index < -0.39 is 17.7 Å². The molecule has 0 saturated carbocycles. The zero-order valence-corrected chi connectivity index (χ0v) is 14.8. The topological polar surface area (TPSA) is 67.0 Å². The van der Waals surface area contributed by atoms with Gasteiger partial charge in [-0.05, 0) is 49.7 Å². The molecule has 2 N–H and O–H groups in total. The van der Waals surface area contributed by atoms with Crippen LogP contribution in [0.3, 0.4) is 0 Å². The van der Waals surface area contributed by atoms with Crippen molar-refractivity contribution < 1.29 is 18.3 Å². The van der Waals surface area contributed by atoms with E-state index in [1.54, 1.807) is 31.2 Å². The van der Waals surface area contributed by atoms with Crippen molar-refractivity contribution in [1.29, 1.82) is 0 Å². The molecule has 5 nitrogen and oxygen atoms in total. The Morgan fingerprint density at radius 1 is 1.33 bits per heavy atom. The SMILES string of the molecule is C=CCCOC(C)C(=O)Nc1ccc2nc(-c3cc(F)ccc3F)[nH]c2c1. The number of aromatic amines is 1. The molecule has 1 aromatic heterocycles. The lowest BCUT2D eigenvalue weighted by molar-refractivity contribution is -0.126. The molecule has 0 spiro atoms. The minimum absolute atomic E-state index is 0.0426. The third kappa shape index (κ3) is 4.38. The summed E-state index contributed by atoms with van der Waals surface area (Å²) in [6, 6.07) is 8.23. The number of nitrogens with zero attached hydrogens (tertiary/aromatic N) is 1. The maximum absolute atomic E-state index is 13.9.